The molecule has 0 fully saturated rings. The van der Waals surface area contributed by atoms with E-state index in [1.54, 1.807) is 6.07 Å². The normalized spacial score (nSPS) is 14.4. The molecule has 0 radical (unpaired) electrons. The van der Waals surface area contributed by atoms with Crippen LogP contribution in [0.2, 0.25) is 39.3 Å². The molecule has 0 bridgehead atoms. The molecule has 1 aromatic carbocycles. The topological polar surface area (TPSA) is 90.0 Å². The summed E-state index contributed by atoms with van der Waals surface area (Å²) in [5.74, 6) is 1.22. The number of rotatable bonds is 4. The smallest absolute Gasteiger partial charge is 0.323 e. The molecule has 0 N–H and O–H groups in total. The zero-order valence-electron chi connectivity index (χ0n) is 21.9. The van der Waals surface area contributed by atoms with Gasteiger partial charge in [0, 0.05) is 25.8 Å². The number of hydrogen-bond acceptors (Lipinski definition) is 6. The van der Waals surface area contributed by atoms with E-state index in [1.165, 1.54) is 33.0 Å². The highest BCUT2D eigenvalue weighted by molar-refractivity contribution is 6.90. The molecule has 0 aliphatic heterocycles. The molecule has 0 aromatic heterocycles. The van der Waals surface area contributed by atoms with Crippen LogP contribution in [0.3, 0.4) is 0 Å². The van der Waals surface area contributed by atoms with Gasteiger partial charge in [-0.3, -0.25) is 24.1 Å². The number of methoxy groups -OCH3 is 2. The molecule has 0 saturated heterocycles. The number of ether oxygens (including phenoxy) is 2. The summed E-state index contributed by atoms with van der Waals surface area (Å²) in [5, 5.41) is 0.868. The summed E-state index contributed by atoms with van der Waals surface area (Å²) in [6.07, 6.45) is 0.140. The Hall–Kier alpha value is -2.71. The van der Waals surface area contributed by atoms with E-state index in [4.69, 9.17) is 9.47 Å². The van der Waals surface area contributed by atoms with Gasteiger partial charge in [-0.05, 0) is 28.8 Å². The first-order chi connectivity index (χ1) is 15.5. The third-order valence-corrected chi connectivity index (χ3v) is 8.69. The van der Waals surface area contributed by atoms with Crippen molar-refractivity contribution in [1.29, 1.82) is 0 Å². The second-order valence-corrected chi connectivity index (χ2v) is 20.6. The van der Waals surface area contributed by atoms with Crippen molar-refractivity contribution in [3.05, 3.63) is 22.8 Å². The monoisotopic (exact) mass is 501 g/mol. The minimum Gasteiger partial charge on any atom is -0.468 e. The predicted molar refractivity (Wildman–Crippen MR) is 137 cm³/mol. The van der Waals surface area contributed by atoms with E-state index >= 15 is 0 Å². The number of imide groups is 1. The highest BCUT2D eigenvalue weighted by Crippen LogP contribution is 2.42. The highest BCUT2D eigenvalue weighted by Gasteiger charge is 2.54. The van der Waals surface area contributed by atoms with Crippen LogP contribution in [0, 0.1) is 16.9 Å². The Bertz CT molecular complexity index is 1090. The molecule has 1 aliphatic carbocycles. The van der Waals surface area contributed by atoms with Gasteiger partial charge < -0.3 is 9.47 Å². The molecule has 2 rings (SSSR count). The Labute approximate surface area is 204 Å². The SMILES string of the molecule is COC(=O)C1(C(=O)OC)Cc2cc(N(C(C)=O)C(C)=O)c([Si](C)(C)C)c(C#C[Si](C)(C)C)c2C1. The lowest BCUT2D eigenvalue weighted by Crippen LogP contribution is -2.47. The molecular weight excluding hydrogens is 466 g/mol. The number of anilines is 1. The van der Waals surface area contributed by atoms with Crippen molar-refractivity contribution < 1.29 is 28.7 Å². The number of nitrogens with zero attached hydrogens (tertiary/aromatic N) is 1. The van der Waals surface area contributed by atoms with Gasteiger partial charge in [-0.15, -0.1) is 5.54 Å². The first-order valence-electron chi connectivity index (χ1n) is 11.2. The number of carbonyl (C=O) groups excluding carboxylic acids is 4. The summed E-state index contributed by atoms with van der Waals surface area (Å²) >= 11 is 0. The third-order valence-electron chi connectivity index (χ3n) is 5.81. The number of hydrogen-bond donors (Lipinski definition) is 0. The average molecular weight is 502 g/mol. The number of esters is 2. The molecule has 0 saturated carbocycles. The average Bonchev–Trinajstić information content (AvgIpc) is 3.09. The number of benzene rings is 1. The molecule has 0 spiro atoms. The molecule has 0 atom stereocenters. The van der Waals surface area contributed by atoms with Crippen LogP contribution in [0.1, 0.15) is 30.5 Å². The van der Waals surface area contributed by atoms with Crippen molar-refractivity contribution in [2.24, 2.45) is 5.41 Å². The van der Waals surface area contributed by atoms with Crippen LogP contribution in [-0.4, -0.2) is 54.1 Å². The molecule has 184 valence electrons. The molecule has 2 amide bonds. The van der Waals surface area contributed by atoms with Crippen LogP contribution < -0.4 is 10.1 Å². The fourth-order valence-corrected chi connectivity index (χ4v) is 6.88. The molecule has 9 heteroatoms. The third kappa shape index (κ3) is 5.18. The van der Waals surface area contributed by atoms with Crippen LogP contribution in [-0.2, 0) is 41.5 Å². The van der Waals surface area contributed by atoms with Crippen LogP contribution in [0.15, 0.2) is 6.07 Å². The van der Waals surface area contributed by atoms with Crippen molar-refractivity contribution in [2.45, 2.75) is 66.0 Å². The van der Waals surface area contributed by atoms with Crippen LogP contribution in [0.25, 0.3) is 0 Å². The zero-order valence-corrected chi connectivity index (χ0v) is 23.9. The van der Waals surface area contributed by atoms with E-state index in [-0.39, 0.29) is 12.8 Å². The van der Waals surface area contributed by atoms with E-state index in [9.17, 15) is 19.2 Å². The minimum absolute atomic E-state index is 0.0476. The van der Waals surface area contributed by atoms with Crippen LogP contribution >= 0.6 is 0 Å². The Balaban J connectivity index is 3.05. The van der Waals surface area contributed by atoms with E-state index in [1.807, 2.05) is 0 Å². The molecule has 1 aliphatic rings. The maximum atomic E-state index is 12.9. The summed E-state index contributed by atoms with van der Waals surface area (Å²) in [6.45, 7) is 15.5. The van der Waals surface area contributed by atoms with Gasteiger partial charge in [0.05, 0.1) is 28.0 Å². The molecule has 7 nitrogen and oxygen atoms in total. The van der Waals surface area contributed by atoms with Gasteiger partial charge in [0.1, 0.15) is 8.07 Å². The minimum atomic E-state index is -2.20. The Kier molecular flexibility index (Phi) is 7.70. The Morgan fingerprint density at radius 2 is 1.41 bits per heavy atom. The summed E-state index contributed by atoms with van der Waals surface area (Å²) in [6, 6.07) is 1.78. The van der Waals surface area contributed by atoms with E-state index < -0.39 is 45.3 Å². The molecule has 0 unspecified atom stereocenters. The van der Waals surface area contributed by atoms with Gasteiger partial charge in [0.2, 0.25) is 11.8 Å². The number of carbonyl (C=O) groups is 4. The van der Waals surface area contributed by atoms with E-state index in [2.05, 4.69) is 50.7 Å². The van der Waals surface area contributed by atoms with Crippen molar-refractivity contribution in [3.63, 3.8) is 0 Å². The fraction of sp³-hybridized carbons (Fsp3) is 0.520. The van der Waals surface area contributed by atoms with E-state index in [0.717, 1.165) is 16.3 Å². The first-order valence-corrected chi connectivity index (χ1v) is 18.2. The summed E-state index contributed by atoms with van der Waals surface area (Å²) in [5.41, 5.74) is 4.56. The van der Waals surface area contributed by atoms with Gasteiger partial charge in [-0.2, -0.15) is 0 Å². The second kappa shape index (κ2) is 9.51. The van der Waals surface area contributed by atoms with Gasteiger partial charge in [0.15, 0.2) is 5.41 Å². The fourth-order valence-electron chi connectivity index (χ4n) is 4.46. The lowest BCUT2D eigenvalue weighted by atomic mass is 9.84. The van der Waals surface area contributed by atoms with Crippen molar-refractivity contribution in [3.8, 4) is 11.5 Å². The quantitative estimate of drug-likeness (QED) is 0.273. The number of amides is 2. The largest absolute Gasteiger partial charge is 0.468 e. The number of fused-ring (bicyclic) bond motifs is 1. The van der Waals surface area contributed by atoms with Gasteiger partial charge in [0.25, 0.3) is 0 Å². The van der Waals surface area contributed by atoms with Crippen molar-refractivity contribution in [1.82, 2.24) is 0 Å². The predicted octanol–water partition coefficient (Wildman–Crippen LogP) is 2.79. The summed E-state index contributed by atoms with van der Waals surface area (Å²) < 4.78 is 10.0. The molecular formula is C25H35NO6Si2. The maximum absolute atomic E-state index is 12.9. The highest BCUT2D eigenvalue weighted by atomic mass is 28.3. The van der Waals surface area contributed by atoms with Crippen molar-refractivity contribution in [2.75, 3.05) is 19.1 Å². The lowest BCUT2D eigenvalue weighted by Gasteiger charge is -2.30. The summed E-state index contributed by atoms with van der Waals surface area (Å²) in [4.78, 5) is 52.1. The van der Waals surface area contributed by atoms with Crippen LogP contribution in [0.4, 0.5) is 5.69 Å². The Morgan fingerprint density at radius 1 is 0.912 bits per heavy atom. The zero-order chi connectivity index (χ0) is 26.2. The van der Waals surface area contributed by atoms with Crippen molar-refractivity contribution >= 4 is 50.8 Å². The molecule has 1 aromatic rings. The van der Waals surface area contributed by atoms with Crippen LogP contribution in [0.5, 0.6) is 0 Å². The first kappa shape index (κ1) is 27.5. The Morgan fingerprint density at radius 3 is 1.79 bits per heavy atom. The van der Waals surface area contributed by atoms with Gasteiger partial charge in [-0.1, -0.05) is 45.2 Å². The summed E-state index contributed by atoms with van der Waals surface area (Å²) in [7, 11) is -1.52. The second-order valence-electron chi connectivity index (χ2n) is 10.8. The van der Waals surface area contributed by atoms with Gasteiger partial charge >= 0.3 is 11.9 Å². The maximum Gasteiger partial charge on any atom is 0.323 e. The van der Waals surface area contributed by atoms with Gasteiger partial charge in [-0.25, -0.2) is 0 Å². The molecule has 0 heterocycles. The molecule has 34 heavy (non-hydrogen) atoms. The standard InChI is InChI=1S/C25H35NO6Si2/c1-16(27)26(17(2)28)21-13-18-14-25(23(29)31-3,24(30)32-4)15-20(18)19(11-12-33(5,6)7)22(21)34(8,9)10/h13H,14-15H2,1-10H3. The lowest BCUT2D eigenvalue weighted by molar-refractivity contribution is -0.168. The van der Waals surface area contributed by atoms with E-state index in [0.29, 0.717) is 11.3 Å².